The zero-order chi connectivity index (χ0) is 10.8. The fourth-order valence-corrected chi connectivity index (χ4v) is 0.372. The maximum Gasteiger partial charge on any atom is 0.550 e. The molecule has 0 unspecified atom stereocenters. The monoisotopic (exact) mass is 202 g/mol. The van der Waals surface area contributed by atoms with Crippen LogP contribution in [0.1, 0.15) is 0 Å². The largest absolute Gasteiger partial charge is 0.550 e. The Labute approximate surface area is 80.6 Å². The lowest BCUT2D eigenvalue weighted by molar-refractivity contribution is -0.242. The van der Waals surface area contributed by atoms with Gasteiger partial charge in [0.1, 0.15) is 13.2 Å². The zero-order valence-electron chi connectivity index (χ0n) is 7.43. The molecule has 0 saturated heterocycles. The van der Waals surface area contributed by atoms with Crippen LogP contribution in [-0.4, -0.2) is 25.5 Å². The van der Waals surface area contributed by atoms with E-state index in [9.17, 15) is 9.59 Å². The summed E-state index contributed by atoms with van der Waals surface area (Å²) in [5.41, 5.74) is 0. The number of carbonyl (C=O) groups excluding carboxylic acids is 2. The number of hydrogen-bond donors (Lipinski definition) is 0. The molecule has 0 aliphatic heterocycles. The van der Waals surface area contributed by atoms with Gasteiger partial charge in [-0.25, -0.2) is 9.59 Å². The summed E-state index contributed by atoms with van der Waals surface area (Å²) >= 11 is 0. The van der Waals surface area contributed by atoms with Gasteiger partial charge in [-0.3, -0.25) is 4.89 Å². The topological polar surface area (TPSA) is 71.1 Å². The molecule has 0 aromatic carbocycles. The first kappa shape index (κ1) is 12.2. The highest BCUT2D eigenvalue weighted by molar-refractivity contribution is 5.76. The first-order chi connectivity index (χ1) is 6.70. The summed E-state index contributed by atoms with van der Waals surface area (Å²) in [6.07, 6.45) is 0.183. The molecule has 0 amide bonds. The summed E-state index contributed by atoms with van der Waals surface area (Å²) in [4.78, 5) is 29.3. The van der Waals surface area contributed by atoms with E-state index in [1.807, 2.05) is 0 Å². The van der Waals surface area contributed by atoms with Crippen LogP contribution in [0.25, 0.3) is 0 Å². The van der Waals surface area contributed by atoms with E-state index < -0.39 is 12.3 Å². The molecule has 14 heavy (non-hydrogen) atoms. The number of rotatable bonds is 5. The van der Waals surface area contributed by atoms with E-state index in [0.29, 0.717) is 0 Å². The Morgan fingerprint density at radius 3 is 2.29 bits per heavy atom. The molecule has 0 spiro atoms. The van der Waals surface area contributed by atoms with Crippen molar-refractivity contribution in [3.05, 3.63) is 25.3 Å². The minimum atomic E-state index is -1.30. The molecule has 0 aromatic rings. The van der Waals surface area contributed by atoms with Crippen LogP contribution in [0.4, 0.5) is 9.59 Å². The van der Waals surface area contributed by atoms with Gasteiger partial charge in [-0.15, -0.1) is 6.58 Å². The van der Waals surface area contributed by atoms with Crippen LogP contribution in [0.5, 0.6) is 0 Å². The van der Waals surface area contributed by atoms with Crippen LogP contribution >= 0.6 is 0 Å². The van der Waals surface area contributed by atoms with E-state index in [1.54, 1.807) is 0 Å². The second-order valence-corrected chi connectivity index (χ2v) is 1.86. The van der Waals surface area contributed by atoms with Crippen molar-refractivity contribution in [1.82, 2.24) is 0 Å². The average Bonchev–Trinajstić information content (AvgIpc) is 2.15. The predicted octanol–water partition coefficient (Wildman–Crippen LogP) is 1.58. The second kappa shape index (κ2) is 7.81. The predicted molar refractivity (Wildman–Crippen MR) is 45.3 cm³/mol. The summed E-state index contributed by atoms with van der Waals surface area (Å²) < 4.78 is 8.28. The fraction of sp³-hybridized carbons (Fsp3) is 0.250. The Morgan fingerprint density at radius 2 is 1.71 bits per heavy atom. The molecule has 6 heteroatoms. The van der Waals surface area contributed by atoms with Gasteiger partial charge in [0.05, 0.1) is 0 Å². The van der Waals surface area contributed by atoms with Gasteiger partial charge in [-0.1, -0.05) is 18.7 Å². The van der Waals surface area contributed by atoms with Crippen LogP contribution in [0.2, 0.25) is 0 Å². The highest BCUT2D eigenvalue weighted by atomic mass is 17.2. The Bertz CT molecular complexity index is 222. The van der Waals surface area contributed by atoms with E-state index in [4.69, 9.17) is 0 Å². The first-order valence-corrected chi connectivity index (χ1v) is 3.60. The summed E-state index contributed by atoms with van der Waals surface area (Å²) in [5, 5.41) is 0. The second-order valence-electron chi connectivity index (χ2n) is 1.86. The summed E-state index contributed by atoms with van der Waals surface area (Å²) in [5.74, 6) is 0. The lowest BCUT2D eigenvalue weighted by Crippen LogP contribution is -2.15. The first-order valence-electron chi connectivity index (χ1n) is 3.60. The molecular formula is C8H10O6. The molecule has 6 nitrogen and oxygen atoms in total. The third-order valence-corrected chi connectivity index (χ3v) is 0.799. The van der Waals surface area contributed by atoms with Crippen LogP contribution < -0.4 is 0 Å². The fourth-order valence-electron chi connectivity index (χ4n) is 0.372. The minimum absolute atomic E-state index is 0.00317. The lowest BCUT2D eigenvalue weighted by Gasteiger charge is -2.01. The SMILES string of the molecule is C=CCOOC(=O)OC(=O)OCC=C. The van der Waals surface area contributed by atoms with E-state index in [1.165, 1.54) is 12.2 Å². The summed E-state index contributed by atoms with van der Waals surface area (Å²) in [6.45, 7) is 6.53. The average molecular weight is 202 g/mol. The highest BCUT2D eigenvalue weighted by Crippen LogP contribution is 1.91. The standard InChI is InChI=1S/C8H10O6/c1-3-5-11-7(9)13-8(10)14-12-6-4-2/h3-4H,1-2,5-6H2. The normalized spacial score (nSPS) is 8.57. The maximum absolute atomic E-state index is 10.6. The zero-order valence-corrected chi connectivity index (χ0v) is 7.43. The van der Waals surface area contributed by atoms with Crippen molar-refractivity contribution in [3.63, 3.8) is 0 Å². The molecule has 0 heterocycles. The highest BCUT2D eigenvalue weighted by Gasteiger charge is 2.13. The van der Waals surface area contributed by atoms with Gasteiger partial charge < -0.3 is 9.47 Å². The Kier molecular flexibility index (Phi) is 6.79. The summed E-state index contributed by atoms with van der Waals surface area (Å²) in [7, 11) is 0. The molecule has 0 rings (SSSR count). The minimum Gasteiger partial charge on any atom is -0.430 e. The molecule has 0 N–H and O–H groups in total. The van der Waals surface area contributed by atoms with Crippen molar-refractivity contribution in [3.8, 4) is 0 Å². The molecule has 0 aliphatic carbocycles. The van der Waals surface area contributed by atoms with Gasteiger partial charge in [0.15, 0.2) is 0 Å². The molecule has 0 saturated carbocycles. The van der Waals surface area contributed by atoms with Crippen molar-refractivity contribution in [2.45, 2.75) is 0 Å². The van der Waals surface area contributed by atoms with Crippen molar-refractivity contribution in [2.24, 2.45) is 0 Å². The van der Waals surface area contributed by atoms with E-state index in [2.05, 4.69) is 32.4 Å². The molecule has 0 aliphatic rings. The molecule has 0 atom stereocenters. The van der Waals surface area contributed by atoms with Gasteiger partial charge in [0.2, 0.25) is 0 Å². The van der Waals surface area contributed by atoms with E-state index >= 15 is 0 Å². The van der Waals surface area contributed by atoms with Crippen LogP contribution in [-0.2, 0) is 19.2 Å². The van der Waals surface area contributed by atoms with Crippen molar-refractivity contribution < 1.29 is 28.8 Å². The van der Waals surface area contributed by atoms with E-state index in [-0.39, 0.29) is 13.2 Å². The molecule has 0 fully saturated rings. The molecular weight excluding hydrogens is 192 g/mol. The Hall–Kier alpha value is -1.82. The van der Waals surface area contributed by atoms with Gasteiger partial charge in [0, 0.05) is 0 Å². The lowest BCUT2D eigenvalue weighted by atomic mass is 10.7. The quantitative estimate of drug-likeness (QED) is 0.168. The third-order valence-electron chi connectivity index (χ3n) is 0.799. The van der Waals surface area contributed by atoms with Gasteiger partial charge in [-0.2, -0.15) is 4.89 Å². The maximum atomic E-state index is 10.6. The molecule has 0 aromatic heterocycles. The van der Waals surface area contributed by atoms with Crippen molar-refractivity contribution >= 4 is 12.3 Å². The van der Waals surface area contributed by atoms with Crippen LogP contribution in [0.3, 0.4) is 0 Å². The number of hydrogen-bond acceptors (Lipinski definition) is 6. The van der Waals surface area contributed by atoms with Crippen LogP contribution in [0, 0.1) is 0 Å². The van der Waals surface area contributed by atoms with Crippen LogP contribution in [0.15, 0.2) is 25.3 Å². The molecule has 0 radical (unpaired) electrons. The van der Waals surface area contributed by atoms with E-state index in [0.717, 1.165) is 0 Å². The van der Waals surface area contributed by atoms with Crippen molar-refractivity contribution in [1.29, 1.82) is 0 Å². The number of carbonyl (C=O) groups is 2. The third kappa shape index (κ3) is 6.86. The van der Waals surface area contributed by atoms with Gasteiger partial charge in [0.25, 0.3) is 0 Å². The van der Waals surface area contributed by atoms with Crippen molar-refractivity contribution in [2.75, 3.05) is 13.2 Å². The molecule has 0 bridgehead atoms. The molecule has 78 valence electrons. The smallest absolute Gasteiger partial charge is 0.430 e. The number of ether oxygens (including phenoxy) is 2. The summed E-state index contributed by atoms with van der Waals surface area (Å²) in [6, 6.07) is 0. The Morgan fingerprint density at radius 1 is 1.07 bits per heavy atom. The van der Waals surface area contributed by atoms with Gasteiger partial charge >= 0.3 is 12.3 Å². The van der Waals surface area contributed by atoms with Gasteiger partial charge in [-0.05, 0) is 0 Å². The Balaban J connectivity index is 3.54.